The van der Waals surface area contributed by atoms with Crippen molar-refractivity contribution in [1.82, 2.24) is 0 Å². The lowest BCUT2D eigenvalue weighted by Crippen LogP contribution is -2.11. The summed E-state index contributed by atoms with van der Waals surface area (Å²) in [4.78, 5) is 9.84. The third-order valence-electron chi connectivity index (χ3n) is 0.876. The maximum absolute atomic E-state index is 9.84. The fourth-order valence-corrected chi connectivity index (χ4v) is 0.0833. The van der Waals surface area contributed by atoms with Crippen LogP contribution in [-0.2, 0) is 19.6 Å². The van der Waals surface area contributed by atoms with Crippen LogP contribution in [0.1, 0.15) is 6.92 Å². The van der Waals surface area contributed by atoms with Crippen molar-refractivity contribution >= 4 is 16.1 Å². The summed E-state index contributed by atoms with van der Waals surface area (Å²) in [5, 5.41) is -0.924. The van der Waals surface area contributed by atoms with Crippen molar-refractivity contribution in [1.29, 1.82) is 0 Å². The molecule has 1 N–H and O–H groups in total. The molecule has 13 heavy (non-hydrogen) atoms. The van der Waals surface area contributed by atoms with Gasteiger partial charge in [-0.15, -0.1) is 0 Å². The monoisotopic (exact) mass is 209 g/mol. The van der Waals surface area contributed by atoms with Crippen LogP contribution in [-0.4, -0.2) is 31.3 Å². The predicted octanol–water partition coefficient (Wildman–Crippen LogP) is 0.442. The van der Waals surface area contributed by atoms with Gasteiger partial charge in [0, 0.05) is 6.08 Å². The first kappa shape index (κ1) is 14.6. The largest absolute Gasteiger partial charge is 0.466 e. The number of methoxy groups -OCH3 is 1. The fraction of sp³-hybridized carbons (Fsp3) is 0.429. The van der Waals surface area contributed by atoms with Crippen molar-refractivity contribution in [2.45, 2.75) is 12.2 Å². The lowest BCUT2D eigenvalue weighted by Gasteiger charge is -1.94. The Kier molecular flexibility index (Phi) is 7.45. The number of hydrogen-bond acceptors (Lipinski definition) is 4. The molecule has 1 radical (unpaired) electrons. The second kappa shape index (κ2) is 6.62. The summed E-state index contributed by atoms with van der Waals surface area (Å²) in [6, 6.07) is 0. The van der Waals surface area contributed by atoms with Crippen LogP contribution in [0.2, 0.25) is 0 Å². The Balaban J connectivity index is 0. The zero-order valence-electron chi connectivity index (χ0n) is 7.56. The molecule has 0 spiro atoms. The minimum Gasteiger partial charge on any atom is -0.466 e. The van der Waals surface area contributed by atoms with Gasteiger partial charge in [-0.05, 0) is 13.8 Å². The van der Waals surface area contributed by atoms with Gasteiger partial charge in [0.25, 0.3) is 10.1 Å². The molecular formula is C7H13O5S. The van der Waals surface area contributed by atoms with Crippen LogP contribution in [0.3, 0.4) is 0 Å². The van der Waals surface area contributed by atoms with Crippen molar-refractivity contribution in [2.75, 3.05) is 7.11 Å². The van der Waals surface area contributed by atoms with Crippen LogP contribution >= 0.6 is 0 Å². The van der Waals surface area contributed by atoms with Crippen molar-refractivity contribution in [2.24, 2.45) is 0 Å². The van der Waals surface area contributed by atoms with E-state index < -0.39 is 21.3 Å². The van der Waals surface area contributed by atoms with Gasteiger partial charge in [0.2, 0.25) is 0 Å². The molecule has 0 saturated carbocycles. The van der Waals surface area contributed by atoms with Crippen LogP contribution < -0.4 is 0 Å². The lowest BCUT2D eigenvalue weighted by atomic mass is 10.6. The summed E-state index contributed by atoms with van der Waals surface area (Å²) in [6.07, 6.45) is 1.11. The van der Waals surface area contributed by atoms with Crippen LogP contribution in [0.5, 0.6) is 0 Å². The second-order valence-electron chi connectivity index (χ2n) is 2.05. The number of ether oxygens (including phenoxy) is 1. The van der Waals surface area contributed by atoms with Gasteiger partial charge < -0.3 is 4.74 Å². The summed E-state index contributed by atoms with van der Waals surface area (Å²) in [7, 11) is -2.54. The second-order valence-corrected chi connectivity index (χ2v) is 3.89. The van der Waals surface area contributed by atoms with Crippen molar-refractivity contribution in [3.05, 3.63) is 19.6 Å². The van der Waals surface area contributed by atoms with Crippen molar-refractivity contribution in [3.8, 4) is 0 Å². The normalized spacial score (nSPS) is 9.92. The Morgan fingerprint density at radius 2 is 1.92 bits per heavy atom. The lowest BCUT2D eigenvalue weighted by molar-refractivity contribution is -0.134. The smallest absolute Gasteiger partial charge is 0.329 e. The molecule has 0 aromatic carbocycles. The molecule has 0 aliphatic carbocycles. The van der Waals surface area contributed by atoms with Crippen LogP contribution in [0.4, 0.5) is 0 Å². The molecule has 77 valence electrons. The van der Waals surface area contributed by atoms with E-state index in [9.17, 15) is 13.2 Å². The molecule has 0 fully saturated rings. The first-order chi connectivity index (χ1) is 5.75. The van der Waals surface area contributed by atoms with Gasteiger partial charge in [0.05, 0.1) is 12.4 Å². The van der Waals surface area contributed by atoms with E-state index in [-0.39, 0.29) is 0 Å². The average molecular weight is 209 g/mol. The molecule has 0 aromatic heterocycles. The number of carbonyl (C=O) groups is 1. The maximum Gasteiger partial charge on any atom is 0.329 e. The molecule has 0 aliphatic rings. The minimum absolute atomic E-state index is 0.394. The van der Waals surface area contributed by atoms with Gasteiger partial charge in [-0.1, -0.05) is 6.58 Å². The maximum atomic E-state index is 9.84. The summed E-state index contributed by atoms with van der Waals surface area (Å²) < 4.78 is 31.8. The number of hydrogen-bond donors (Lipinski definition) is 1. The number of carbonyl (C=O) groups excluding carboxylic acids is 1. The van der Waals surface area contributed by atoms with Gasteiger partial charge in [0.1, 0.15) is 0 Å². The van der Waals surface area contributed by atoms with E-state index in [2.05, 4.69) is 18.2 Å². The highest BCUT2D eigenvalue weighted by Gasteiger charge is 2.08. The molecule has 1 unspecified atom stereocenters. The van der Waals surface area contributed by atoms with E-state index in [1.165, 1.54) is 14.0 Å². The van der Waals surface area contributed by atoms with Crippen LogP contribution in [0, 0.1) is 6.92 Å². The van der Waals surface area contributed by atoms with E-state index in [1.807, 2.05) is 0 Å². The molecule has 0 aromatic rings. The highest BCUT2D eigenvalue weighted by atomic mass is 32.2. The highest BCUT2D eigenvalue weighted by Crippen LogP contribution is 1.91. The minimum atomic E-state index is -3.85. The summed E-state index contributed by atoms with van der Waals surface area (Å²) in [5.74, 6) is -0.394. The Bertz CT molecular complexity index is 252. The fourth-order valence-electron chi connectivity index (χ4n) is 0.0833. The van der Waals surface area contributed by atoms with E-state index in [4.69, 9.17) is 4.55 Å². The molecule has 6 heteroatoms. The third-order valence-corrected chi connectivity index (χ3v) is 1.89. The standard InChI is InChI=1S/C4H6O2.C3H7O3S/c1-3-4(5)6-2;1-3(2)7(4,5)6/h3H,1H2,2H3;3H,1H2,2H3,(H,4,5,6). The predicted molar refractivity (Wildman–Crippen MR) is 48.6 cm³/mol. The van der Waals surface area contributed by atoms with Crippen molar-refractivity contribution < 1.29 is 22.5 Å². The molecule has 5 nitrogen and oxygen atoms in total. The van der Waals surface area contributed by atoms with E-state index in [0.29, 0.717) is 0 Å². The summed E-state index contributed by atoms with van der Waals surface area (Å²) in [5.41, 5.74) is 0. The van der Waals surface area contributed by atoms with Crippen LogP contribution in [0.25, 0.3) is 0 Å². The first-order valence-corrected chi connectivity index (χ1v) is 4.75. The van der Waals surface area contributed by atoms with Crippen molar-refractivity contribution in [3.63, 3.8) is 0 Å². The topological polar surface area (TPSA) is 80.7 Å². The third kappa shape index (κ3) is 11.1. The summed E-state index contributed by atoms with van der Waals surface area (Å²) >= 11 is 0. The highest BCUT2D eigenvalue weighted by molar-refractivity contribution is 7.86. The Morgan fingerprint density at radius 3 is 1.92 bits per heavy atom. The van der Waals surface area contributed by atoms with Gasteiger partial charge in [0.15, 0.2) is 0 Å². The van der Waals surface area contributed by atoms with Gasteiger partial charge in [-0.2, -0.15) is 8.42 Å². The molecule has 0 heterocycles. The summed E-state index contributed by atoms with van der Waals surface area (Å²) in [6.45, 7) is 7.53. The Labute approximate surface area is 78.1 Å². The van der Waals surface area contributed by atoms with Gasteiger partial charge in [-0.25, -0.2) is 4.79 Å². The zero-order valence-corrected chi connectivity index (χ0v) is 8.37. The molecule has 1 atom stereocenters. The van der Waals surface area contributed by atoms with Gasteiger partial charge >= 0.3 is 5.97 Å². The molecule has 0 aliphatic heterocycles. The van der Waals surface area contributed by atoms with E-state index >= 15 is 0 Å². The SMILES string of the molecule is C=CC(=O)OC.[CH2]C(C)S(=O)(=O)O. The molecule has 0 amide bonds. The Morgan fingerprint density at radius 1 is 1.62 bits per heavy atom. The van der Waals surface area contributed by atoms with Crippen LogP contribution in [0.15, 0.2) is 12.7 Å². The Hall–Kier alpha value is -0.880. The van der Waals surface area contributed by atoms with Gasteiger partial charge in [-0.3, -0.25) is 4.55 Å². The zero-order chi connectivity index (χ0) is 11.1. The van der Waals surface area contributed by atoms with E-state index in [1.54, 1.807) is 0 Å². The van der Waals surface area contributed by atoms with E-state index in [0.717, 1.165) is 6.08 Å². The molecule has 0 bridgehead atoms. The molecular weight excluding hydrogens is 196 g/mol. The number of esters is 1. The molecule has 0 saturated heterocycles. The average Bonchev–Trinajstić information content (AvgIpc) is 2.02. The quantitative estimate of drug-likeness (QED) is 0.405. The first-order valence-electron chi connectivity index (χ1n) is 3.25. The molecule has 0 rings (SSSR count). The number of rotatable bonds is 2.